The fourth-order valence-electron chi connectivity index (χ4n) is 1.18. The minimum absolute atomic E-state index is 0.288. The van der Waals surface area contributed by atoms with Crippen molar-refractivity contribution in [1.82, 2.24) is 4.98 Å². The third-order valence-electron chi connectivity index (χ3n) is 2.34. The minimum Gasteiger partial charge on any atom is -0.480 e. The standard InChI is InChI=1S/C10H10F4N2O2S/c1-10(2,6(15)9(17)18)19-5-3(11)7(13)16-8(14)4(5)12/h6H,15H2,1-2H3,(H,17,18). The number of nitrogens with zero attached hydrogens (tertiary/aromatic N) is 1. The van der Waals surface area contributed by atoms with E-state index >= 15 is 0 Å². The van der Waals surface area contributed by atoms with E-state index in [-0.39, 0.29) is 11.8 Å². The van der Waals surface area contributed by atoms with Gasteiger partial charge < -0.3 is 10.8 Å². The summed E-state index contributed by atoms with van der Waals surface area (Å²) in [5.41, 5.74) is 5.35. The molecule has 1 unspecified atom stereocenters. The largest absolute Gasteiger partial charge is 0.480 e. The average Bonchev–Trinajstić information content (AvgIpc) is 2.31. The molecule has 19 heavy (non-hydrogen) atoms. The first-order valence-corrected chi connectivity index (χ1v) is 5.77. The smallest absolute Gasteiger partial charge is 0.321 e. The van der Waals surface area contributed by atoms with Gasteiger partial charge in [-0.1, -0.05) is 0 Å². The highest BCUT2D eigenvalue weighted by Crippen LogP contribution is 2.38. The average molecular weight is 298 g/mol. The lowest BCUT2D eigenvalue weighted by Crippen LogP contribution is -2.46. The maximum Gasteiger partial charge on any atom is 0.321 e. The van der Waals surface area contributed by atoms with Gasteiger partial charge in [0.15, 0.2) is 11.6 Å². The van der Waals surface area contributed by atoms with Gasteiger partial charge in [-0.25, -0.2) is 8.78 Å². The van der Waals surface area contributed by atoms with Crippen LogP contribution in [0.3, 0.4) is 0 Å². The fraction of sp³-hybridized carbons (Fsp3) is 0.400. The summed E-state index contributed by atoms with van der Waals surface area (Å²) in [5.74, 6) is -8.39. The second-order valence-electron chi connectivity index (χ2n) is 4.17. The van der Waals surface area contributed by atoms with Crippen molar-refractivity contribution in [2.75, 3.05) is 0 Å². The zero-order valence-electron chi connectivity index (χ0n) is 9.88. The van der Waals surface area contributed by atoms with Gasteiger partial charge in [-0.2, -0.15) is 13.8 Å². The lowest BCUT2D eigenvalue weighted by Gasteiger charge is -2.28. The van der Waals surface area contributed by atoms with Crippen molar-refractivity contribution < 1.29 is 27.5 Å². The van der Waals surface area contributed by atoms with Gasteiger partial charge in [-0.05, 0) is 13.8 Å². The van der Waals surface area contributed by atoms with Gasteiger partial charge in [-0.3, -0.25) is 4.79 Å². The van der Waals surface area contributed by atoms with E-state index in [0.717, 1.165) is 0 Å². The van der Waals surface area contributed by atoms with E-state index in [1.807, 2.05) is 0 Å². The topological polar surface area (TPSA) is 76.2 Å². The van der Waals surface area contributed by atoms with Gasteiger partial charge in [0.2, 0.25) is 0 Å². The van der Waals surface area contributed by atoms with Crippen LogP contribution in [0.2, 0.25) is 0 Å². The summed E-state index contributed by atoms with van der Waals surface area (Å²) in [6, 6.07) is -1.49. The first-order chi connectivity index (χ1) is 8.58. The summed E-state index contributed by atoms with van der Waals surface area (Å²) in [6.45, 7) is 2.57. The van der Waals surface area contributed by atoms with Crippen LogP contribution in [0, 0.1) is 23.5 Å². The molecule has 1 atom stereocenters. The van der Waals surface area contributed by atoms with E-state index in [2.05, 4.69) is 4.98 Å². The fourth-order valence-corrected chi connectivity index (χ4v) is 2.28. The van der Waals surface area contributed by atoms with Crippen LogP contribution >= 0.6 is 11.8 Å². The van der Waals surface area contributed by atoms with E-state index < -0.39 is 45.2 Å². The highest BCUT2D eigenvalue weighted by molar-refractivity contribution is 8.00. The lowest BCUT2D eigenvalue weighted by atomic mass is 10.1. The molecule has 0 bridgehead atoms. The van der Waals surface area contributed by atoms with Gasteiger partial charge in [-0.15, -0.1) is 11.8 Å². The van der Waals surface area contributed by atoms with Crippen molar-refractivity contribution >= 4 is 17.7 Å². The zero-order chi connectivity index (χ0) is 15.0. The Morgan fingerprint density at radius 3 is 2.05 bits per heavy atom. The SMILES string of the molecule is CC(C)(Sc1c(F)c(F)nc(F)c1F)C(N)C(=O)O. The Bertz CT molecular complexity index is 498. The van der Waals surface area contributed by atoms with Crippen LogP contribution in [-0.2, 0) is 4.79 Å². The molecule has 1 heterocycles. The molecule has 0 saturated carbocycles. The first-order valence-electron chi connectivity index (χ1n) is 4.95. The molecular formula is C10H10F4N2O2S. The third kappa shape index (κ3) is 3.16. The van der Waals surface area contributed by atoms with E-state index in [4.69, 9.17) is 10.8 Å². The Kier molecular flexibility index (Phi) is 4.41. The van der Waals surface area contributed by atoms with E-state index in [9.17, 15) is 22.4 Å². The molecule has 0 radical (unpaired) electrons. The lowest BCUT2D eigenvalue weighted by molar-refractivity contribution is -0.139. The molecule has 9 heteroatoms. The normalized spacial score (nSPS) is 13.4. The molecule has 1 rings (SSSR count). The van der Waals surface area contributed by atoms with Crippen LogP contribution < -0.4 is 5.73 Å². The number of nitrogens with two attached hydrogens (primary N) is 1. The number of carboxylic acid groups (broad SMARTS) is 1. The summed E-state index contributed by atoms with van der Waals surface area (Å²) in [7, 11) is 0. The van der Waals surface area contributed by atoms with E-state index in [1.54, 1.807) is 0 Å². The molecule has 4 nitrogen and oxygen atoms in total. The summed E-state index contributed by atoms with van der Waals surface area (Å²) in [6.07, 6.45) is 0. The molecule has 0 aromatic carbocycles. The molecule has 0 aliphatic carbocycles. The van der Waals surface area contributed by atoms with Crippen LogP contribution in [0.4, 0.5) is 17.6 Å². The number of pyridine rings is 1. The monoisotopic (exact) mass is 298 g/mol. The van der Waals surface area contributed by atoms with Crippen molar-refractivity contribution in [1.29, 1.82) is 0 Å². The zero-order valence-corrected chi connectivity index (χ0v) is 10.7. The summed E-state index contributed by atoms with van der Waals surface area (Å²) < 4.78 is 51.2. The molecule has 1 aromatic rings. The van der Waals surface area contributed by atoms with Gasteiger partial charge in [0, 0.05) is 4.75 Å². The Morgan fingerprint density at radius 2 is 1.68 bits per heavy atom. The van der Waals surface area contributed by atoms with Crippen LogP contribution in [0.1, 0.15) is 13.8 Å². The minimum atomic E-state index is -1.80. The van der Waals surface area contributed by atoms with Gasteiger partial charge in [0.05, 0.1) is 4.90 Å². The number of carboxylic acids is 1. The van der Waals surface area contributed by atoms with E-state index in [1.165, 1.54) is 13.8 Å². The number of rotatable bonds is 4. The molecule has 0 saturated heterocycles. The molecule has 106 valence electrons. The number of thioether (sulfide) groups is 1. The van der Waals surface area contributed by atoms with Gasteiger partial charge >= 0.3 is 5.97 Å². The molecule has 3 N–H and O–H groups in total. The number of carbonyl (C=O) groups is 1. The summed E-state index contributed by atoms with van der Waals surface area (Å²) in [5, 5.41) is 8.76. The van der Waals surface area contributed by atoms with Crippen molar-refractivity contribution in [3.8, 4) is 0 Å². The molecule has 0 aliphatic heterocycles. The number of aromatic nitrogens is 1. The second-order valence-corrected chi connectivity index (χ2v) is 5.84. The molecule has 0 amide bonds. The quantitative estimate of drug-likeness (QED) is 0.504. The Morgan fingerprint density at radius 1 is 1.26 bits per heavy atom. The molecular weight excluding hydrogens is 288 g/mol. The van der Waals surface area contributed by atoms with E-state index in [0.29, 0.717) is 0 Å². The maximum absolute atomic E-state index is 13.4. The van der Waals surface area contributed by atoms with Crippen LogP contribution in [0.15, 0.2) is 4.90 Å². The number of hydrogen-bond acceptors (Lipinski definition) is 4. The predicted molar refractivity (Wildman–Crippen MR) is 59.6 cm³/mol. The molecule has 0 fully saturated rings. The Balaban J connectivity index is 3.23. The van der Waals surface area contributed by atoms with Gasteiger partial charge in [0.25, 0.3) is 11.9 Å². The predicted octanol–water partition coefficient (Wildman–Crippen LogP) is 1.92. The first kappa shape index (κ1) is 15.7. The molecule has 0 aliphatic rings. The Labute approximate surface area is 110 Å². The van der Waals surface area contributed by atoms with Crippen LogP contribution in [0.5, 0.6) is 0 Å². The Hall–Kier alpha value is -1.35. The van der Waals surface area contributed by atoms with Crippen molar-refractivity contribution in [3.05, 3.63) is 23.5 Å². The molecule has 1 aromatic heterocycles. The number of aliphatic carboxylic acids is 1. The number of hydrogen-bond donors (Lipinski definition) is 2. The van der Waals surface area contributed by atoms with Crippen LogP contribution in [0.25, 0.3) is 0 Å². The highest BCUT2D eigenvalue weighted by Gasteiger charge is 2.36. The van der Waals surface area contributed by atoms with Crippen LogP contribution in [-0.4, -0.2) is 26.8 Å². The van der Waals surface area contributed by atoms with Crippen molar-refractivity contribution in [2.45, 2.75) is 29.5 Å². The van der Waals surface area contributed by atoms with Crippen molar-refractivity contribution in [3.63, 3.8) is 0 Å². The summed E-state index contributed by atoms with van der Waals surface area (Å²) in [4.78, 5) is 12.2. The van der Waals surface area contributed by atoms with Crippen molar-refractivity contribution in [2.24, 2.45) is 5.73 Å². The third-order valence-corrected chi connectivity index (χ3v) is 3.68. The second kappa shape index (κ2) is 5.33. The highest BCUT2D eigenvalue weighted by atomic mass is 32.2. The maximum atomic E-state index is 13.4. The summed E-state index contributed by atoms with van der Waals surface area (Å²) >= 11 is 0.288. The van der Waals surface area contributed by atoms with Gasteiger partial charge in [0.1, 0.15) is 6.04 Å². The number of halogens is 4. The molecule has 0 spiro atoms.